The highest BCUT2D eigenvalue weighted by Gasteiger charge is 2.35. The van der Waals surface area contributed by atoms with Crippen molar-refractivity contribution in [1.82, 2.24) is 14.5 Å². The second-order valence-corrected chi connectivity index (χ2v) is 9.55. The van der Waals surface area contributed by atoms with E-state index in [-0.39, 0.29) is 11.1 Å². The summed E-state index contributed by atoms with van der Waals surface area (Å²) in [4.78, 5) is 21.3. The summed E-state index contributed by atoms with van der Waals surface area (Å²) < 4.78 is 44.9. The first-order chi connectivity index (χ1) is 17.6. The van der Waals surface area contributed by atoms with Crippen LogP contribution in [0, 0.1) is 12.7 Å². The van der Waals surface area contributed by atoms with Crippen molar-refractivity contribution in [3.63, 3.8) is 0 Å². The maximum absolute atomic E-state index is 15.1. The van der Waals surface area contributed by atoms with Crippen LogP contribution in [0.25, 0.3) is 22.0 Å². The zero-order chi connectivity index (χ0) is 26.5. The minimum Gasteiger partial charge on any atom is -0.390 e. The van der Waals surface area contributed by atoms with Gasteiger partial charge in [-0.05, 0) is 73.6 Å². The van der Waals surface area contributed by atoms with Gasteiger partial charge in [-0.2, -0.15) is 8.78 Å². The van der Waals surface area contributed by atoms with E-state index >= 15 is 4.39 Å². The molecule has 0 saturated carbocycles. The Kier molecular flexibility index (Phi) is 6.27. The summed E-state index contributed by atoms with van der Waals surface area (Å²) in [5.41, 5.74) is 4.08. The van der Waals surface area contributed by atoms with E-state index in [0.717, 1.165) is 52.9 Å². The predicted octanol–water partition coefficient (Wildman–Crippen LogP) is 5.19. The molecule has 0 radical (unpaired) electrons. The zero-order valence-corrected chi connectivity index (χ0v) is 20.8. The standard InChI is InChI=1S/C28H27F3N4O2/c1-15(18-6-5-9-23(25(18)29)28(30,31)14-36)32-27-22-12-21(17-10-11-24(37)35(3)13-17)19-7-4-8-20(19)26(22)33-16(2)34-27/h5-6,9-13,15,36H,4,7-8,14H2,1-3H3,(H,32,33,34)/t15-/m1/s1. The number of hydrogen-bond acceptors (Lipinski definition) is 5. The first-order valence-corrected chi connectivity index (χ1v) is 12.1. The highest BCUT2D eigenvalue weighted by molar-refractivity contribution is 5.97. The third-order valence-electron chi connectivity index (χ3n) is 7.01. The third-order valence-corrected chi connectivity index (χ3v) is 7.01. The number of aliphatic hydroxyl groups excluding tert-OH is 1. The molecule has 9 heteroatoms. The van der Waals surface area contributed by atoms with E-state index in [4.69, 9.17) is 10.1 Å². The highest BCUT2D eigenvalue weighted by atomic mass is 19.3. The Morgan fingerprint density at radius 3 is 2.65 bits per heavy atom. The molecule has 4 aromatic rings. The molecule has 0 aliphatic heterocycles. The van der Waals surface area contributed by atoms with Crippen molar-refractivity contribution in [2.75, 3.05) is 11.9 Å². The quantitative estimate of drug-likeness (QED) is 0.375. The van der Waals surface area contributed by atoms with E-state index in [2.05, 4.69) is 10.3 Å². The van der Waals surface area contributed by atoms with Gasteiger partial charge in [0.15, 0.2) is 0 Å². The zero-order valence-electron chi connectivity index (χ0n) is 20.8. The van der Waals surface area contributed by atoms with Crippen molar-refractivity contribution in [3.05, 3.63) is 86.8 Å². The first-order valence-electron chi connectivity index (χ1n) is 12.1. The Morgan fingerprint density at radius 1 is 1.16 bits per heavy atom. The number of aryl methyl sites for hydroxylation is 3. The minimum absolute atomic E-state index is 0.0366. The summed E-state index contributed by atoms with van der Waals surface area (Å²) in [5.74, 6) is -3.76. The van der Waals surface area contributed by atoms with Gasteiger partial charge in [0.25, 0.3) is 5.92 Å². The van der Waals surface area contributed by atoms with Crippen LogP contribution in [0.4, 0.5) is 19.0 Å². The maximum Gasteiger partial charge on any atom is 0.298 e. The molecule has 37 heavy (non-hydrogen) atoms. The lowest BCUT2D eigenvalue weighted by molar-refractivity contribution is -0.0583. The normalized spacial score (nSPS) is 14.1. The molecule has 2 heterocycles. The molecule has 1 aliphatic rings. The van der Waals surface area contributed by atoms with Gasteiger partial charge in [0.05, 0.1) is 17.1 Å². The van der Waals surface area contributed by atoms with Crippen LogP contribution in [0.3, 0.4) is 0 Å². The van der Waals surface area contributed by atoms with E-state index in [1.54, 1.807) is 33.2 Å². The number of rotatable bonds is 6. The van der Waals surface area contributed by atoms with Crippen LogP contribution in [0.5, 0.6) is 0 Å². The number of pyridine rings is 1. The Labute approximate surface area is 211 Å². The maximum atomic E-state index is 15.1. The first kappa shape index (κ1) is 25.0. The SMILES string of the molecule is Cc1nc(N[C@H](C)c2cccc(C(F)(F)CO)c2F)c2cc(-c3ccc(=O)n(C)c3)c3c(c2n1)CCC3. The van der Waals surface area contributed by atoms with E-state index in [0.29, 0.717) is 11.6 Å². The Morgan fingerprint density at radius 2 is 1.92 bits per heavy atom. The average Bonchev–Trinajstić information content (AvgIpc) is 3.36. The van der Waals surface area contributed by atoms with Gasteiger partial charge in [0.1, 0.15) is 24.1 Å². The molecule has 1 atom stereocenters. The van der Waals surface area contributed by atoms with Crippen LogP contribution in [-0.4, -0.2) is 26.2 Å². The summed E-state index contributed by atoms with van der Waals surface area (Å²) in [7, 11) is 1.71. The van der Waals surface area contributed by atoms with Crippen LogP contribution in [-0.2, 0) is 25.8 Å². The smallest absolute Gasteiger partial charge is 0.298 e. The van der Waals surface area contributed by atoms with Crippen molar-refractivity contribution in [1.29, 1.82) is 0 Å². The molecule has 192 valence electrons. The number of aromatic nitrogens is 3. The van der Waals surface area contributed by atoms with E-state index in [9.17, 15) is 13.6 Å². The molecule has 0 saturated heterocycles. The number of hydrogen-bond donors (Lipinski definition) is 2. The molecule has 0 unspecified atom stereocenters. The van der Waals surface area contributed by atoms with Gasteiger partial charge >= 0.3 is 0 Å². The number of alkyl halides is 2. The van der Waals surface area contributed by atoms with Crippen molar-refractivity contribution in [2.24, 2.45) is 7.05 Å². The lowest BCUT2D eigenvalue weighted by Crippen LogP contribution is -2.22. The molecule has 0 fully saturated rings. The lowest BCUT2D eigenvalue weighted by Gasteiger charge is -2.22. The van der Waals surface area contributed by atoms with Crippen molar-refractivity contribution < 1.29 is 18.3 Å². The second-order valence-electron chi connectivity index (χ2n) is 9.55. The van der Waals surface area contributed by atoms with E-state index in [1.165, 1.54) is 28.3 Å². The molecule has 2 aromatic heterocycles. The Hall–Kier alpha value is -3.72. The number of nitrogens with one attached hydrogen (secondary N) is 1. The van der Waals surface area contributed by atoms with Crippen LogP contribution in [0.1, 0.15) is 47.5 Å². The second kappa shape index (κ2) is 9.30. The largest absolute Gasteiger partial charge is 0.390 e. The molecule has 2 aromatic carbocycles. The number of nitrogens with zero attached hydrogens (tertiary/aromatic N) is 3. The van der Waals surface area contributed by atoms with Gasteiger partial charge < -0.3 is 15.0 Å². The fourth-order valence-corrected chi connectivity index (χ4v) is 5.14. The highest BCUT2D eigenvalue weighted by Crippen LogP contribution is 2.40. The van der Waals surface area contributed by atoms with Gasteiger partial charge in [0, 0.05) is 30.3 Å². The molecule has 1 aliphatic carbocycles. The van der Waals surface area contributed by atoms with Crippen LogP contribution in [0.2, 0.25) is 0 Å². The summed E-state index contributed by atoms with van der Waals surface area (Å²) in [6.45, 7) is 1.97. The summed E-state index contributed by atoms with van der Waals surface area (Å²) in [6, 6.07) is 8.38. The monoisotopic (exact) mass is 508 g/mol. The molecule has 0 amide bonds. The fraction of sp³-hybridized carbons (Fsp3) is 0.321. The summed E-state index contributed by atoms with van der Waals surface area (Å²) >= 11 is 0. The van der Waals surface area contributed by atoms with Crippen LogP contribution < -0.4 is 10.9 Å². The van der Waals surface area contributed by atoms with E-state index in [1.807, 2.05) is 6.07 Å². The van der Waals surface area contributed by atoms with E-state index < -0.39 is 30.0 Å². The minimum atomic E-state index is -3.69. The average molecular weight is 509 g/mol. The number of anilines is 1. The fourth-order valence-electron chi connectivity index (χ4n) is 5.14. The molecule has 2 N–H and O–H groups in total. The van der Waals surface area contributed by atoms with Gasteiger partial charge in [-0.15, -0.1) is 0 Å². The van der Waals surface area contributed by atoms with Crippen LogP contribution >= 0.6 is 0 Å². The number of aliphatic hydroxyl groups is 1. The Bertz CT molecular complexity index is 1580. The molecule has 0 spiro atoms. The molecule has 5 rings (SSSR count). The lowest BCUT2D eigenvalue weighted by atomic mass is 9.94. The third kappa shape index (κ3) is 4.37. The van der Waals surface area contributed by atoms with Crippen molar-refractivity contribution >= 4 is 16.7 Å². The van der Waals surface area contributed by atoms with Gasteiger partial charge in [-0.25, -0.2) is 14.4 Å². The molecule has 6 nitrogen and oxygen atoms in total. The number of halogens is 3. The Balaban J connectivity index is 1.64. The molecule has 0 bridgehead atoms. The summed E-state index contributed by atoms with van der Waals surface area (Å²) in [5, 5.41) is 13.0. The van der Waals surface area contributed by atoms with Crippen molar-refractivity contribution in [2.45, 2.75) is 45.1 Å². The van der Waals surface area contributed by atoms with Crippen molar-refractivity contribution in [3.8, 4) is 11.1 Å². The van der Waals surface area contributed by atoms with Gasteiger partial charge in [-0.1, -0.05) is 12.1 Å². The summed E-state index contributed by atoms with van der Waals surface area (Å²) in [6.07, 6.45) is 4.52. The predicted molar refractivity (Wildman–Crippen MR) is 136 cm³/mol. The van der Waals surface area contributed by atoms with Crippen LogP contribution in [0.15, 0.2) is 47.4 Å². The molecular weight excluding hydrogens is 481 g/mol. The van der Waals surface area contributed by atoms with Gasteiger partial charge in [0.2, 0.25) is 5.56 Å². The van der Waals surface area contributed by atoms with Gasteiger partial charge in [-0.3, -0.25) is 4.79 Å². The topological polar surface area (TPSA) is 80.0 Å². The number of fused-ring (bicyclic) bond motifs is 3. The molecular formula is C28H27F3N4O2. The number of benzene rings is 2.